The van der Waals surface area contributed by atoms with E-state index in [1.165, 1.54) is 0 Å². The summed E-state index contributed by atoms with van der Waals surface area (Å²) in [7, 11) is 0. The van der Waals surface area contributed by atoms with Gasteiger partial charge in [-0.15, -0.1) is 11.6 Å². The predicted molar refractivity (Wildman–Crippen MR) is 47.2 cm³/mol. The van der Waals surface area contributed by atoms with Crippen molar-refractivity contribution in [3.05, 3.63) is 23.5 Å². The van der Waals surface area contributed by atoms with Gasteiger partial charge in [0.05, 0.1) is 12.0 Å². The molecule has 2 nitrogen and oxygen atoms in total. The van der Waals surface area contributed by atoms with E-state index in [-0.39, 0.29) is 11.5 Å². The Labute approximate surface area is 76.8 Å². The predicted octanol–water partition coefficient (Wildman–Crippen LogP) is 1.85. The van der Waals surface area contributed by atoms with Gasteiger partial charge in [0.1, 0.15) is 18.5 Å². The molecule has 0 N–H and O–H groups in total. The highest BCUT2D eigenvalue weighted by Crippen LogP contribution is 2.27. The fraction of sp³-hybridized carbons (Fsp3) is 0.556. The van der Waals surface area contributed by atoms with E-state index in [0.717, 1.165) is 11.3 Å². The number of fused-ring (bicyclic) bond motifs is 1. The van der Waals surface area contributed by atoms with Crippen LogP contribution in [0.4, 0.5) is 0 Å². The zero-order chi connectivity index (χ0) is 8.55. The maximum Gasteiger partial charge on any atom is 0.134 e. The fourth-order valence-corrected chi connectivity index (χ4v) is 1.88. The van der Waals surface area contributed by atoms with E-state index >= 15 is 0 Å². The zero-order valence-electron chi connectivity index (χ0n) is 6.92. The van der Waals surface area contributed by atoms with Crippen molar-refractivity contribution < 1.29 is 9.47 Å². The molecule has 0 bridgehead atoms. The summed E-state index contributed by atoms with van der Waals surface area (Å²) in [5.74, 6) is 0.876. The van der Waals surface area contributed by atoms with Crippen LogP contribution in [0, 0.1) is 0 Å². The summed E-state index contributed by atoms with van der Waals surface area (Å²) in [5, 5.41) is -0.0784. The van der Waals surface area contributed by atoms with Gasteiger partial charge in [-0.3, -0.25) is 0 Å². The molecule has 1 fully saturated rings. The molecule has 0 spiro atoms. The first-order valence-electron chi connectivity index (χ1n) is 4.06. The van der Waals surface area contributed by atoms with Crippen LogP contribution in [0.3, 0.4) is 0 Å². The Morgan fingerprint density at radius 3 is 3.17 bits per heavy atom. The summed E-state index contributed by atoms with van der Waals surface area (Å²) >= 11 is 6.06. The Morgan fingerprint density at radius 1 is 1.50 bits per heavy atom. The quantitative estimate of drug-likeness (QED) is 0.538. The maximum absolute atomic E-state index is 6.06. The minimum absolute atomic E-state index is 0.0656. The molecule has 1 unspecified atom stereocenters. The van der Waals surface area contributed by atoms with E-state index < -0.39 is 0 Å². The van der Waals surface area contributed by atoms with Crippen molar-refractivity contribution in [2.75, 3.05) is 13.2 Å². The summed E-state index contributed by atoms with van der Waals surface area (Å²) in [6.07, 6.45) is 3.91. The van der Waals surface area contributed by atoms with Crippen LogP contribution in [0.2, 0.25) is 0 Å². The molecule has 1 aliphatic heterocycles. The number of allylic oxidation sites excluding steroid dienone is 2. The normalized spacial score (nSPS) is 34.5. The first-order chi connectivity index (χ1) is 5.77. The summed E-state index contributed by atoms with van der Waals surface area (Å²) in [4.78, 5) is 0. The molecule has 0 saturated carbocycles. The van der Waals surface area contributed by atoms with Crippen LogP contribution in [0.1, 0.15) is 6.92 Å². The molecule has 1 heterocycles. The number of ether oxygens (including phenoxy) is 2. The van der Waals surface area contributed by atoms with Crippen molar-refractivity contribution in [3.63, 3.8) is 0 Å². The highest BCUT2D eigenvalue weighted by atomic mass is 35.5. The van der Waals surface area contributed by atoms with Crippen molar-refractivity contribution in [2.24, 2.45) is 0 Å². The average Bonchev–Trinajstić information content (AvgIpc) is 2.04. The van der Waals surface area contributed by atoms with Crippen LogP contribution in [0.5, 0.6) is 0 Å². The van der Waals surface area contributed by atoms with Crippen LogP contribution in [-0.4, -0.2) is 24.7 Å². The second kappa shape index (κ2) is 3.11. The van der Waals surface area contributed by atoms with Gasteiger partial charge in [0.15, 0.2) is 0 Å². The molecule has 1 aliphatic carbocycles. The van der Waals surface area contributed by atoms with Crippen LogP contribution in [0.15, 0.2) is 23.5 Å². The number of hydrogen-bond donors (Lipinski definition) is 0. The first kappa shape index (κ1) is 8.14. The molecule has 0 amide bonds. The number of halogens is 1. The first-order valence-corrected chi connectivity index (χ1v) is 4.49. The molecule has 3 heteroatoms. The molecule has 0 aromatic heterocycles. The molecular weight excluding hydrogens is 176 g/mol. The Kier molecular flexibility index (Phi) is 2.11. The largest absolute Gasteiger partial charge is 0.493 e. The third kappa shape index (κ3) is 1.37. The van der Waals surface area contributed by atoms with Crippen molar-refractivity contribution in [1.82, 2.24) is 0 Å². The Hall–Kier alpha value is -0.470. The molecule has 0 radical (unpaired) electrons. The van der Waals surface area contributed by atoms with Gasteiger partial charge in [0, 0.05) is 0 Å². The van der Waals surface area contributed by atoms with Crippen molar-refractivity contribution >= 4 is 11.6 Å². The molecular formula is C9H11ClO2. The van der Waals surface area contributed by atoms with Gasteiger partial charge < -0.3 is 9.47 Å². The minimum Gasteiger partial charge on any atom is -0.493 e. The number of alkyl halides is 1. The van der Waals surface area contributed by atoms with Crippen LogP contribution < -0.4 is 0 Å². The molecule has 0 aromatic rings. The zero-order valence-corrected chi connectivity index (χ0v) is 7.67. The second-order valence-electron chi connectivity index (χ2n) is 3.04. The van der Waals surface area contributed by atoms with Gasteiger partial charge in [-0.2, -0.15) is 0 Å². The van der Waals surface area contributed by atoms with E-state index in [0.29, 0.717) is 13.2 Å². The smallest absolute Gasteiger partial charge is 0.134 e. The van der Waals surface area contributed by atoms with Gasteiger partial charge in [-0.1, -0.05) is 11.6 Å². The molecule has 1 saturated heterocycles. The lowest BCUT2D eigenvalue weighted by Crippen LogP contribution is -2.35. The van der Waals surface area contributed by atoms with Gasteiger partial charge >= 0.3 is 0 Å². The van der Waals surface area contributed by atoms with E-state index in [1.54, 1.807) is 0 Å². The number of hydrogen-bond acceptors (Lipinski definition) is 2. The van der Waals surface area contributed by atoms with Gasteiger partial charge in [-0.25, -0.2) is 0 Å². The summed E-state index contributed by atoms with van der Waals surface area (Å²) in [5.41, 5.74) is 1.15. The van der Waals surface area contributed by atoms with Crippen molar-refractivity contribution in [3.8, 4) is 0 Å². The topological polar surface area (TPSA) is 18.5 Å². The van der Waals surface area contributed by atoms with E-state index in [9.17, 15) is 0 Å². The van der Waals surface area contributed by atoms with E-state index in [4.69, 9.17) is 21.1 Å². The summed E-state index contributed by atoms with van der Waals surface area (Å²) in [6.45, 7) is 3.29. The number of rotatable bonds is 0. The van der Waals surface area contributed by atoms with Gasteiger partial charge in [0.25, 0.3) is 0 Å². The van der Waals surface area contributed by atoms with E-state index in [1.807, 2.05) is 19.1 Å². The minimum atomic E-state index is -0.0784. The molecule has 2 rings (SSSR count). The third-order valence-corrected chi connectivity index (χ3v) is 2.37. The monoisotopic (exact) mass is 186 g/mol. The van der Waals surface area contributed by atoms with Crippen LogP contribution >= 0.6 is 11.6 Å². The molecule has 2 atom stereocenters. The second-order valence-corrected chi connectivity index (χ2v) is 3.55. The SMILES string of the molecule is CC1=CC(Cl)[C@@H]2OCCOC2=C1. The molecule has 66 valence electrons. The van der Waals surface area contributed by atoms with Gasteiger partial charge in [0.2, 0.25) is 0 Å². The summed E-state index contributed by atoms with van der Waals surface area (Å²) < 4.78 is 10.9. The summed E-state index contributed by atoms with van der Waals surface area (Å²) in [6, 6.07) is 0. The Balaban J connectivity index is 2.23. The van der Waals surface area contributed by atoms with Crippen LogP contribution in [0.25, 0.3) is 0 Å². The lowest BCUT2D eigenvalue weighted by Gasteiger charge is -2.31. The molecule has 2 aliphatic rings. The van der Waals surface area contributed by atoms with Gasteiger partial charge in [-0.05, 0) is 13.0 Å². The Morgan fingerprint density at radius 2 is 2.33 bits per heavy atom. The standard InChI is InChI=1S/C9H11ClO2/c1-6-4-7(10)9-8(5-6)11-2-3-12-9/h4-5,7,9H,2-3H2,1H3/t7?,9-/m0/s1. The van der Waals surface area contributed by atoms with E-state index in [2.05, 4.69) is 0 Å². The van der Waals surface area contributed by atoms with Crippen molar-refractivity contribution in [1.29, 1.82) is 0 Å². The maximum atomic E-state index is 6.06. The molecule has 0 aromatic carbocycles. The lowest BCUT2D eigenvalue weighted by molar-refractivity contribution is -0.0401. The fourth-order valence-electron chi connectivity index (χ4n) is 1.48. The van der Waals surface area contributed by atoms with Crippen LogP contribution in [-0.2, 0) is 9.47 Å². The van der Waals surface area contributed by atoms with Crippen molar-refractivity contribution in [2.45, 2.75) is 18.4 Å². The third-order valence-electron chi connectivity index (χ3n) is 2.01. The molecule has 12 heavy (non-hydrogen) atoms. The highest BCUT2D eigenvalue weighted by molar-refractivity contribution is 6.22. The Bertz CT molecular complexity index is 245. The highest BCUT2D eigenvalue weighted by Gasteiger charge is 2.29. The average molecular weight is 187 g/mol. The lowest BCUT2D eigenvalue weighted by atomic mass is 10.0.